The van der Waals surface area contributed by atoms with Crippen LogP contribution in [0.3, 0.4) is 0 Å². The highest BCUT2D eigenvalue weighted by Gasteiger charge is 2.29. The van der Waals surface area contributed by atoms with E-state index in [2.05, 4.69) is 5.32 Å². The number of benzene rings is 2. The molecule has 0 saturated carbocycles. The van der Waals surface area contributed by atoms with Gasteiger partial charge in [0.1, 0.15) is 17.1 Å². The van der Waals surface area contributed by atoms with E-state index in [0.717, 1.165) is 5.56 Å². The van der Waals surface area contributed by atoms with Crippen LogP contribution in [-0.2, 0) is 16.1 Å². The molecule has 6 nitrogen and oxygen atoms in total. The average molecular weight is 392 g/mol. The molecule has 0 aliphatic heterocycles. The molecule has 2 aromatic rings. The van der Waals surface area contributed by atoms with Gasteiger partial charge in [0.2, 0.25) is 0 Å². The van der Waals surface area contributed by atoms with Gasteiger partial charge >= 0.3 is 5.97 Å². The van der Waals surface area contributed by atoms with Crippen molar-refractivity contribution in [2.24, 2.45) is 0 Å². The van der Waals surface area contributed by atoms with Crippen molar-refractivity contribution in [1.29, 1.82) is 0 Å². The van der Waals surface area contributed by atoms with E-state index in [1.54, 1.807) is 56.3 Å². The van der Waals surface area contributed by atoms with Crippen molar-refractivity contribution in [2.45, 2.75) is 26.0 Å². The molecule has 0 saturated heterocycles. The van der Waals surface area contributed by atoms with Crippen LogP contribution in [0.25, 0.3) is 0 Å². The number of carbonyl (C=O) groups excluding carboxylic acids is 2. The van der Waals surface area contributed by atoms with Crippen molar-refractivity contribution < 1.29 is 23.8 Å². The number of ether oxygens (including phenoxy) is 3. The first-order valence-corrected chi connectivity index (χ1v) is 8.62. The highest BCUT2D eigenvalue weighted by Crippen LogP contribution is 2.22. The van der Waals surface area contributed by atoms with E-state index in [4.69, 9.17) is 25.8 Å². The first-order chi connectivity index (χ1) is 12.8. The van der Waals surface area contributed by atoms with Gasteiger partial charge in [-0.3, -0.25) is 4.79 Å². The topological polar surface area (TPSA) is 73.9 Å². The summed E-state index contributed by atoms with van der Waals surface area (Å²) in [5, 5.41) is 3.40. The fourth-order valence-corrected chi connectivity index (χ4v) is 2.50. The number of methoxy groups -OCH3 is 2. The van der Waals surface area contributed by atoms with Gasteiger partial charge in [-0.15, -0.1) is 0 Å². The fraction of sp³-hybridized carbons (Fsp3) is 0.300. The number of hydrogen-bond acceptors (Lipinski definition) is 5. The summed E-state index contributed by atoms with van der Waals surface area (Å²) in [5.41, 5.74) is -0.0684. The van der Waals surface area contributed by atoms with Gasteiger partial charge < -0.3 is 19.5 Å². The predicted molar refractivity (Wildman–Crippen MR) is 102 cm³/mol. The van der Waals surface area contributed by atoms with Crippen molar-refractivity contribution in [3.05, 3.63) is 58.6 Å². The highest BCUT2D eigenvalue weighted by atomic mass is 35.5. The molecule has 0 heterocycles. The van der Waals surface area contributed by atoms with E-state index >= 15 is 0 Å². The van der Waals surface area contributed by atoms with Crippen LogP contribution in [0.5, 0.6) is 11.5 Å². The van der Waals surface area contributed by atoms with Gasteiger partial charge in [0.05, 0.1) is 14.2 Å². The van der Waals surface area contributed by atoms with Crippen molar-refractivity contribution in [1.82, 2.24) is 5.32 Å². The maximum atomic E-state index is 12.5. The summed E-state index contributed by atoms with van der Waals surface area (Å²) in [5.74, 6) is 0.139. The Balaban J connectivity index is 2.05. The van der Waals surface area contributed by atoms with Crippen LogP contribution in [0, 0.1) is 0 Å². The molecule has 0 atom stereocenters. The quantitative estimate of drug-likeness (QED) is 0.730. The summed E-state index contributed by atoms with van der Waals surface area (Å²) in [4.78, 5) is 24.4. The second-order valence-electron chi connectivity index (χ2n) is 6.28. The number of carbonyl (C=O) groups is 2. The van der Waals surface area contributed by atoms with E-state index in [9.17, 15) is 9.59 Å². The van der Waals surface area contributed by atoms with Crippen LogP contribution in [0.4, 0.5) is 0 Å². The standard InChI is InChI=1S/C20H22ClNO5/c1-20(2,27-15-8-6-14(21)7-9-15)19(24)22-12-13-5-10-17(25-3)16(11-13)18(23)26-4/h5-11H,12H2,1-4H3,(H,22,24). The number of hydrogen-bond donors (Lipinski definition) is 1. The lowest BCUT2D eigenvalue weighted by molar-refractivity contribution is -0.134. The number of amides is 1. The Labute approximate surface area is 163 Å². The third kappa shape index (κ3) is 5.37. The zero-order chi connectivity index (χ0) is 20.0. The molecule has 0 aliphatic carbocycles. The van der Waals surface area contributed by atoms with Crippen LogP contribution in [0.15, 0.2) is 42.5 Å². The van der Waals surface area contributed by atoms with E-state index in [1.165, 1.54) is 14.2 Å². The molecule has 7 heteroatoms. The summed E-state index contributed by atoms with van der Waals surface area (Å²) in [6, 6.07) is 11.8. The molecule has 0 spiro atoms. The Bertz CT molecular complexity index is 818. The molecule has 144 valence electrons. The van der Waals surface area contributed by atoms with Crippen LogP contribution in [-0.4, -0.2) is 31.7 Å². The molecule has 0 radical (unpaired) electrons. The predicted octanol–water partition coefficient (Wildman–Crippen LogP) is 3.61. The fourth-order valence-electron chi connectivity index (χ4n) is 2.37. The van der Waals surface area contributed by atoms with Gasteiger partial charge in [0, 0.05) is 11.6 Å². The third-order valence-corrected chi connectivity index (χ3v) is 4.11. The smallest absolute Gasteiger partial charge is 0.341 e. The first-order valence-electron chi connectivity index (χ1n) is 8.25. The maximum Gasteiger partial charge on any atom is 0.341 e. The molecule has 0 aliphatic rings. The monoisotopic (exact) mass is 391 g/mol. The van der Waals surface area contributed by atoms with Crippen molar-refractivity contribution in [2.75, 3.05) is 14.2 Å². The molecule has 27 heavy (non-hydrogen) atoms. The summed E-state index contributed by atoms with van der Waals surface area (Å²) in [7, 11) is 2.77. The lowest BCUT2D eigenvalue weighted by atomic mass is 10.1. The number of rotatable bonds is 7. The van der Waals surface area contributed by atoms with Crippen LogP contribution in [0.1, 0.15) is 29.8 Å². The summed E-state index contributed by atoms with van der Waals surface area (Å²) < 4.78 is 15.7. The second-order valence-corrected chi connectivity index (χ2v) is 6.71. The molecule has 0 aromatic heterocycles. The lowest BCUT2D eigenvalue weighted by Crippen LogP contribution is -2.46. The molecular weight excluding hydrogens is 370 g/mol. The number of halogens is 1. The van der Waals surface area contributed by atoms with Gasteiger partial charge in [-0.2, -0.15) is 0 Å². The normalized spacial score (nSPS) is 10.9. The molecule has 1 amide bonds. The Hall–Kier alpha value is -2.73. The molecule has 0 fully saturated rings. The minimum Gasteiger partial charge on any atom is -0.496 e. The van der Waals surface area contributed by atoms with Gasteiger partial charge in [-0.1, -0.05) is 17.7 Å². The first kappa shape index (κ1) is 20.6. The molecular formula is C20H22ClNO5. The molecule has 0 bridgehead atoms. The second kappa shape index (κ2) is 8.77. The Morgan fingerprint density at radius 3 is 2.33 bits per heavy atom. The zero-order valence-corrected chi connectivity index (χ0v) is 16.4. The number of esters is 1. The van der Waals surface area contributed by atoms with Gasteiger partial charge in [-0.25, -0.2) is 4.79 Å². The van der Waals surface area contributed by atoms with Crippen LogP contribution >= 0.6 is 11.6 Å². The summed E-state index contributed by atoms with van der Waals surface area (Å²) in [6.45, 7) is 3.57. The van der Waals surface area contributed by atoms with Crippen molar-refractivity contribution >= 4 is 23.5 Å². The Morgan fingerprint density at radius 1 is 1.07 bits per heavy atom. The van der Waals surface area contributed by atoms with E-state index < -0.39 is 11.6 Å². The molecule has 1 N–H and O–H groups in total. The van der Waals surface area contributed by atoms with Gasteiger partial charge in [-0.05, 0) is 55.8 Å². The minimum atomic E-state index is -1.09. The minimum absolute atomic E-state index is 0.222. The van der Waals surface area contributed by atoms with Crippen molar-refractivity contribution in [3.63, 3.8) is 0 Å². The van der Waals surface area contributed by atoms with Crippen LogP contribution in [0.2, 0.25) is 5.02 Å². The SMILES string of the molecule is COC(=O)c1cc(CNC(=O)C(C)(C)Oc2ccc(Cl)cc2)ccc1OC. The largest absolute Gasteiger partial charge is 0.496 e. The lowest BCUT2D eigenvalue weighted by Gasteiger charge is -2.25. The highest BCUT2D eigenvalue weighted by molar-refractivity contribution is 6.30. The molecule has 2 aromatic carbocycles. The van der Waals surface area contributed by atoms with E-state index in [0.29, 0.717) is 22.1 Å². The van der Waals surface area contributed by atoms with Gasteiger partial charge in [0.25, 0.3) is 5.91 Å². The average Bonchev–Trinajstić information content (AvgIpc) is 2.66. The van der Waals surface area contributed by atoms with Crippen LogP contribution < -0.4 is 14.8 Å². The van der Waals surface area contributed by atoms with E-state index in [-0.39, 0.29) is 12.5 Å². The summed E-state index contributed by atoms with van der Waals surface area (Å²) >= 11 is 5.85. The van der Waals surface area contributed by atoms with E-state index in [1.807, 2.05) is 0 Å². The third-order valence-electron chi connectivity index (χ3n) is 3.86. The van der Waals surface area contributed by atoms with Crippen molar-refractivity contribution in [3.8, 4) is 11.5 Å². The molecule has 2 rings (SSSR count). The Kier molecular flexibility index (Phi) is 6.69. The number of nitrogens with one attached hydrogen (secondary N) is 1. The maximum absolute atomic E-state index is 12.5. The Morgan fingerprint density at radius 2 is 1.74 bits per heavy atom. The molecule has 0 unspecified atom stereocenters. The van der Waals surface area contributed by atoms with Gasteiger partial charge in [0.15, 0.2) is 5.60 Å². The zero-order valence-electron chi connectivity index (χ0n) is 15.7. The summed E-state index contributed by atoms with van der Waals surface area (Å²) in [6.07, 6.45) is 0.